The van der Waals surface area contributed by atoms with Crippen molar-refractivity contribution in [2.45, 2.75) is 19.4 Å². The van der Waals surface area contributed by atoms with Crippen molar-refractivity contribution in [1.29, 1.82) is 0 Å². The van der Waals surface area contributed by atoms with E-state index in [2.05, 4.69) is 5.43 Å². The molecule has 0 spiro atoms. The van der Waals surface area contributed by atoms with E-state index in [0.717, 1.165) is 6.42 Å². The minimum atomic E-state index is -0.158. The third kappa shape index (κ3) is 2.24. The Morgan fingerprint density at radius 3 is 2.50 bits per heavy atom. The molecule has 84 valence electrons. The van der Waals surface area contributed by atoms with E-state index in [9.17, 15) is 4.39 Å². The van der Waals surface area contributed by atoms with Crippen LogP contribution in [0.25, 0.3) is 0 Å². The molecule has 0 fully saturated rings. The first-order chi connectivity index (χ1) is 7.81. The first-order valence-corrected chi connectivity index (χ1v) is 5.45. The number of hydrogen-bond acceptors (Lipinski definition) is 1. The monoisotopic (exact) mass is 218 g/mol. The molecule has 0 aliphatic rings. The van der Waals surface area contributed by atoms with E-state index in [4.69, 9.17) is 0 Å². The maximum absolute atomic E-state index is 13.6. The average molecular weight is 218 g/mol. The second-order valence-corrected chi connectivity index (χ2v) is 3.70. The molecule has 0 radical (unpaired) electrons. The highest BCUT2D eigenvalue weighted by Crippen LogP contribution is 2.20. The van der Waals surface area contributed by atoms with E-state index in [1.165, 1.54) is 6.07 Å². The molecule has 1 heterocycles. The Bertz CT molecular complexity index is 437. The fourth-order valence-corrected chi connectivity index (χ4v) is 1.74. The summed E-state index contributed by atoms with van der Waals surface area (Å²) in [5.41, 5.74) is 3.95. The summed E-state index contributed by atoms with van der Waals surface area (Å²) >= 11 is 0. The number of nitrogens with one attached hydrogen (secondary N) is 1. The number of halogens is 1. The number of aromatic nitrogens is 1. The molecule has 2 nitrogen and oxygen atoms in total. The normalized spacial score (nSPS) is 12.4. The van der Waals surface area contributed by atoms with Gasteiger partial charge in [-0.3, -0.25) is 4.68 Å². The lowest BCUT2D eigenvalue weighted by atomic mass is 10.0. The third-order valence-electron chi connectivity index (χ3n) is 2.60. The van der Waals surface area contributed by atoms with Crippen molar-refractivity contribution in [3.8, 4) is 0 Å². The van der Waals surface area contributed by atoms with Crippen LogP contribution >= 0.6 is 0 Å². The predicted molar refractivity (Wildman–Crippen MR) is 63.2 cm³/mol. The second-order valence-electron chi connectivity index (χ2n) is 3.70. The fraction of sp³-hybridized carbons (Fsp3) is 0.231. The molecular formula is C13H15FN2. The molecule has 2 aromatic rings. The number of benzene rings is 1. The zero-order valence-electron chi connectivity index (χ0n) is 9.23. The summed E-state index contributed by atoms with van der Waals surface area (Å²) in [7, 11) is 0. The number of rotatable bonds is 4. The van der Waals surface area contributed by atoms with Crippen LogP contribution in [0.5, 0.6) is 0 Å². The second kappa shape index (κ2) is 4.84. The Kier molecular flexibility index (Phi) is 3.25. The van der Waals surface area contributed by atoms with Crippen molar-refractivity contribution in [3.05, 3.63) is 60.2 Å². The van der Waals surface area contributed by atoms with Crippen LogP contribution in [0.2, 0.25) is 0 Å². The Morgan fingerprint density at radius 1 is 1.19 bits per heavy atom. The highest BCUT2D eigenvalue weighted by atomic mass is 19.1. The zero-order chi connectivity index (χ0) is 11.4. The van der Waals surface area contributed by atoms with Crippen LogP contribution in [0.3, 0.4) is 0 Å². The summed E-state index contributed by atoms with van der Waals surface area (Å²) in [6, 6.07) is 10.7. The number of hydrogen-bond donors (Lipinski definition) is 1. The molecule has 1 unspecified atom stereocenters. The quantitative estimate of drug-likeness (QED) is 0.833. The molecular weight excluding hydrogens is 203 g/mol. The van der Waals surface area contributed by atoms with Gasteiger partial charge in [-0.2, -0.15) is 0 Å². The van der Waals surface area contributed by atoms with Crippen molar-refractivity contribution in [2.24, 2.45) is 0 Å². The molecule has 1 aromatic carbocycles. The van der Waals surface area contributed by atoms with Gasteiger partial charge in [0.2, 0.25) is 0 Å². The Morgan fingerprint density at radius 2 is 1.88 bits per heavy atom. The molecule has 0 amide bonds. The molecule has 0 bridgehead atoms. The molecule has 0 saturated carbocycles. The summed E-state index contributed by atoms with van der Waals surface area (Å²) < 4.78 is 15.5. The van der Waals surface area contributed by atoms with Crippen molar-refractivity contribution in [1.82, 2.24) is 4.68 Å². The van der Waals surface area contributed by atoms with Crippen molar-refractivity contribution in [2.75, 3.05) is 5.43 Å². The summed E-state index contributed by atoms with van der Waals surface area (Å²) in [4.78, 5) is 0. The first-order valence-electron chi connectivity index (χ1n) is 5.45. The summed E-state index contributed by atoms with van der Waals surface area (Å²) in [6.07, 6.45) is 4.64. The minimum absolute atomic E-state index is 0.00593. The van der Waals surface area contributed by atoms with Gasteiger partial charge in [-0.15, -0.1) is 0 Å². The molecule has 1 aromatic heterocycles. The Balaban J connectivity index is 2.20. The number of nitrogens with zero attached hydrogens (tertiary/aromatic N) is 1. The lowest BCUT2D eigenvalue weighted by Crippen LogP contribution is -2.19. The Labute approximate surface area is 94.7 Å². The molecule has 1 N–H and O–H groups in total. The maximum atomic E-state index is 13.6. The molecule has 0 aliphatic carbocycles. The van der Waals surface area contributed by atoms with Gasteiger partial charge in [0.15, 0.2) is 0 Å². The van der Waals surface area contributed by atoms with Gasteiger partial charge in [0.05, 0.1) is 6.04 Å². The lowest BCUT2D eigenvalue weighted by molar-refractivity contribution is 0.567. The van der Waals surface area contributed by atoms with E-state index in [1.54, 1.807) is 6.07 Å². The smallest absolute Gasteiger partial charge is 0.128 e. The highest BCUT2D eigenvalue weighted by Gasteiger charge is 2.12. The van der Waals surface area contributed by atoms with Crippen LogP contribution in [-0.2, 0) is 0 Å². The molecule has 1 atom stereocenters. The highest BCUT2D eigenvalue weighted by molar-refractivity contribution is 5.23. The van der Waals surface area contributed by atoms with Crippen LogP contribution in [0.1, 0.15) is 24.9 Å². The van der Waals surface area contributed by atoms with Crippen LogP contribution in [0, 0.1) is 5.82 Å². The van der Waals surface area contributed by atoms with Gasteiger partial charge in [0, 0.05) is 18.0 Å². The largest absolute Gasteiger partial charge is 0.319 e. The topological polar surface area (TPSA) is 17.0 Å². The van der Waals surface area contributed by atoms with E-state index in [0.29, 0.717) is 5.56 Å². The van der Waals surface area contributed by atoms with Gasteiger partial charge in [0.1, 0.15) is 5.82 Å². The first kappa shape index (κ1) is 10.7. The zero-order valence-corrected chi connectivity index (χ0v) is 9.23. The summed E-state index contributed by atoms with van der Waals surface area (Å²) in [5, 5.41) is 0. The molecule has 3 heteroatoms. The van der Waals surface area contributed by atoms with Gasteiger partial charge in [-0.1, -0.05) is 25.1 Å². The van der Waals surface area contributed by atoms with E-state index >= 15 is 0 Å². The van der Waals surface area contributed by atoms with Crippen molar-refractivity contribution < 1.29 is 4.39 Å². The predicted octanol–water partition coefficient (Wildman–Crippen LogP) is 3.32. The third-order valence-corrected chi connectivity index (χ3v) is 2.60. The van der Waals surface area contributed by atoms with Gasteiger partial charge in [0.25, 0.3) is 0 Å². The average Bonchev–Trinajstić information content (AvgIpc) is 2.80. The van der Waals surface area contributed by atoms with Crippen molar-refractivity contribution >= 4 is 0 Å². The van der Waals surface area contributed by atoms with Crippen LogP contribution in [-0.4, -0.2) is 4.68 Å². The summed E-state index contributed by atoms with van der Waals surface area (Å²) in [5.74, 6) is -0.158. The van der Waals surface area contributed by atoms with Crippen molar-refractivity contribution in [3.63, 3.8) is 0 Å². The van der Waals surface area contributed by atoms with Gasteiger partial charge < -0.3 is 5.43 Å². The molecule has 16 heavy (non-hydrogen) atoms. The van der Waals surface area contributed by atoms with Crippen LogP contribution in [0.4, 0.5) is 4.39 Å². The Hall–Kier alpha value is -1.77. The van der Waals surface area contributed by atoms with Crippen LogP contribution < -0.4 is 5.43 Å². The van der Waals surface area contributed by atoms with Gasteiger partial charge in [-0.25, -0.2) is 4.39 Å². The minimum Gasteiger partial charge on any atom is -0.319 e. The maximum Gasteiger partial charge on any atom is 0.128 e. The summed E-state index contributed by atoms with van der Waals surface area (Å²) in [6.45, 7) is 2.04. The van der Waals surface area contributed by atoms with Gasteiger partial charge in [-0.05, 0) is 24.6 Å². The van der Waals surface area contributed by atoms with Crippen LogP contribution in [0.15, 0.2) is 48.8 Å². The van der Waals surface area contributed by atoms with E-state index < -0.39 is 0 Å². The standard InChI is InChI=1S/C13H15FN2/c1-2-13(15-16-9-5-6-10-16)11-7-3-4-8-12(11)14/h3-10,13,15H,2H2,1H3. The SMILES string of the molecule is CCC(Nn1cccc1)c1ccccc1F. The molecule has 0 saturated heterocycles. The lowest BCUT2D eigenvalue weighted by Gasteiger charge is -2.19. The fourth-order valence-electron chi connectivity index (χ4n) is 1.74. The van der Waals surface area contributed by atoms with E-state index in [1.807, 2.05) is 48.3 Å². The molecule has 0 aliphatic heterocycles. The van der Waals surface area contributed by atoms with Gasteiger partial charge >= 0.3 is 0 Å². The molecule has 2 rings (SSSR count). The van der Waals surface area contributed by atoms with E-state index in [-0.39, 0.29) is 11.9 Å².